The molecule has 2 heterocycles. The lowest BCUT2D eigenvalue weighted by molar-refractivity contribution is 0.0656. The van der Waals surface area contributed by atoms with Crippen LogP contribution in [0.25, 0.3) is 0 Å². The van der Waals surface area contributed by atoms with E-state index < -0.39 is 5.97 Å². The van der Waals surface area contributed by atoms with E-state index in [-0.39, 0.29) is 5.76 Å². The second kappa shape index (κ2) is 4.67. The van der Waals surface area contributed by atoms with Crippen molar-refractivity contribution in [3.8, 4) is 0 Å². The van der Waals surface area contributed by atoms with E-state index in [1.54, 1.807) is 6.07 Å². The number of carboxylic acids is 1. The summed E-state index contributed by atoms with van der Waals surface area (Å²) >= 11 is 1.35. The second-order valence-corrected chi connectivity index (χ2v) is 4.44. The smallest absolute Gasteiger partial charge is 0.371 e. The molecule has 2 rings (SSSR count). The maximum absolute atomic E-state index is 10.6. The van der Waals surface area contributed by atoms with Crippen molar-refractivity contribution >= 4 is 17.7 Å². The number of oxazole rings is 1. The van der Waals surface area contributed by atoms with Crippen molar-refractivity contribution in [1.29, 1.82) is 0 Å². The van der Waals surface area contributed by atoms with Crippen molar-refractivity contribution < 1.29 is 18.7 Å². The minimum absolute atomic E-state index is 0.0627. The normalized spacial score (nSPS) is 10.7. The Morgan fingerprint density at radius 2 is 2.18 bits per heavy atom. The highest BCUT2D eigenvalue weighted by atomic mass is 32.2. The van der Waals surface area contributed by atoms with Gasteiger partial charge in [0.2, 0.25) is 11.7 Å². The van der Waals surface area contributed by atoms with Crippen LogP contribution in [-0.2, 0) is 5.75 Å². The Hall–Kier alpha value is -1.69. The fourth-order valence-electron chi connectivity index (χ4n) is 1.25. The van der Waals surface area contributed by atoms with Gasteiger partial charge in [-0.3, -0.25) is 0 Å². The first-order valence-corrected chi connectivity index (χ1v) is 5.93. The summed E-state index contributed by atoms with van der Waals surface area (Å²) in [5.74, 6) is 0.790. The zero-order chi connectivity index (χ0) is 12.4. The number of aryl methyl sites for hydroxylation is 2. The molecule has 0 aliphatic carbocycles. The van der Waals surface area contributed by atoms with Crippen molar-refractivity contribution in [2.45, 2.75) is 24.7 Å². The summed E-state index contributed by atoms with van der Waals surface area (Å²) in [5, 5.41) is 9.23. The van der Waals surface area contributed by atoms with Gasteiger partial charge in [-0.15, -0.1) is 0 Å². The van der Waals surface area contributed by atoms with Gasteiger partial charge < -0.3 is 13.9 Å². The van der Waals surface area contributed by atoms with Gasteiger partial charge in [0.05, 0.1) is 11.4 Å². The standard InChI is InChI=1S/C11H11NO4S/c1-6-7(2)15-9(12-6)5-17-10-4-3-8(16-10)11(13)14/h3-4H,5H2,1-2H3,(H,13,14). The Morgan fingerprint density at radius 3 is 2.71 bits per heavy atom. The van der Waals surface area contributed by atoms with Crippen LogP contribution >= 0.6 is 11.8 Å². The van der Waals surface area contributed by atoms with Gasteiger partial charge in [0.1, 0.15) is 5.76 Å². The molecule has 0 saturated carbocycles. The fourth-order valence-corrected chi connectivity index (χ4v) is 1.95. The number of hydrogen-bond acceptors (Lipinski definition) is 5. The maximum Gasteiger partial charge on any atom is 0.371 e. The van der Waals surface area contributed by atoms with E-state index in [0.717, 1.165) is 11.5 Å². The zero-order valence-electron chi connectivity index (χ0n) is 9.39. The van der Waals surface area contributed by atoms with Gasteiger partial charge in [-0.2, -0.15) is 0 Å². The topological polar surface area (TPSA) is 76.5 Å². The number of hydrogen-bond donors (Lipinski definition) is 1. The fraction of sp³-hybridized carbons (Fsp3) is 0.273. The van der Waals surface area contributed by atoms with Crippen molar-refractivity contribution in [3.05, 3.63) is 35.2 Å². The largest absolute Gasteiger partial charge is 0.475 e. The van der Waals surface area contributed by atoms with Gasteiger partial charge >= 0.3 is 5.97 Å². The number of carbonyl (C=O) groups is 1. The molecule has 0 spiro atoms. The minimum atomic E-state index is -1.07. The van der Waals surface area contributed by atoms with Crippen molar-refractivity contribution in [2.75, 3.05) is 0 Å². The van der Waals surface area contributed by atoms with Gasteiger partial charge in [-0.1, -0.05) is 11.8 Å². The van der Waals surface area contributed by atoms with Crippen LogP contribution in [0.15, 0.2) is 26.1 Å². The third kappa shape index (κ3) is 2.71. The van der Waals surface area contributed by atoms with Gasteiger partial charge in [-0.05, 0) is 26.0 Å². The summed E-state index contributed by atoms with van der Waals surface area (Å²) in [6.45, 7) is 3.73. The maximum atomic E-state index is 10.6. The average molecular weight is 253 g/mol. The predicted octanol–water partition coefficient (Wildman–Crippen LogP) is 2.87. The molecule has 2 aromatic rings. The lowest BCUT2D eigenvalue weighted by Gasteiger charge is -1.93. The van der Waals surface area contributed by atoms with E-state index >= 15 is 0 Å². The molecule has 0 aliphatic rings. The Balaban J connectivity index is 1.99. The molecule has 5 nitrogen and oxygen atoms in total. The number of nitrogens with zero attached hydrogens (tertiary/aromatic N) is 1. The molecule has 90 valence electrons. The first kappa shape index (κ1) is 11.8. The van der Waals surface area contributed by atoms with E-state index in [4.69, 9.17) is 13.9 Å². The van der Waals surface area contributed by atoms with E-state index in [1.807, 2.05) is 13.8 Å². The summed E-state index contributed by atoms with van der Waals surface area (Å²) < 4.78 is 10.5. The van der Waals surface area contributed by atoms with Gasteiger partial charge in [0, 0.05) is 0 Å². The number of rotatable bonds is 4. The lowest BCUT2D eigenvalue weighted by atomic mass is 10.4. The highest BCUT2D eigenvalue weighted by Crippen LogP contribution is 2.25. The van der Waals surface area contributed by atoms with E-state index in [2.05, 4.69) is 4.98 Å². The minimum Gasteiger partial charge on any atom is -0.475 e. The molecule has 17 heavy (non-hydrogen) atoms. The number of carboxylic acid groups (broad SMARTS) is 1. The first-order valence-electron chi connectivity index (χ1n) is 4.95. The summed E-state index contributed by atoms with van der Waals surface area (Å²) in [6.07, 6.45) is 0. The molecule has 2 aromatic heterocycles. The van der Waals surface area contributed by atoms with Crippen LogP contribution in [0.4, 0.5) is 0 Å². The molecule has 0 unspecified atom stereocenters. The van der Waals surface area contributed by atoms with E-state index in [9.17, 15) is 4.79 Å². The molecule has 1 N–H and O–H groups in total. The van der Waals surface area contributed by atoms with Gasteiger partial charge in [0.15, 0.2) is 5.09 Å². The summed E-state index contributed by atoms with van der Waals surface area (Å²) in [7, 11) is 0. The number of thioether (sulfide) groups is 1. The highest BCUT2D eigenvalue weighted by molar-refractivity contribution is 7.98. The monoisotopic (exact) mass is 253 g/mol. The van der Waals surface area contributed by atoms with Crippen LogP contribution in [0.2, 0.25) is 0 Å². The lowest BCUT2D eigenvalue weighted by Crippen LogP contribution is -1.91. The molecular weight excluding hydrogens is 242 g/mol. The Labute approximate surface area is 102 Å². The molecule has 0 atom stereocenters. The van der Waals surface area contributed by atoms with Crippen LogP contribution < -0.4 is 0 Å². The van der Waals surface area contributed by atoms with E-state index in [0.29, 0.717) is 16.7 Å². The molecule has 6 heteroatoms. The summed E-state index contributed by atoms with van der Waals surface area (Å²) in [4.78, 5) is 14.8. The molecule has 0 bridgehead atoms. The number of aromatic carboxylic acids is 1. The van der Waals surface area contributed by atoms with Crippen molar-refractivity contribution in [1.82, 2.24) is 4.98 Å². The summed E-state index contributed by atoms with van der Waals surface area (Å²) in [6, 6.07) is 3.05. The molecule has 0 radical (unpaired) electrons. The molecule has 0 aromatic carbocycles. The third-order valence-corrected chi connectivity index (χ3v) is 3.10. The Morgan fingerprint density at radius 1 is 1.41 bits per heavy atom. The van der Waals surface area contributed by atoms with Crippen molar-refractivity contribution in [2.24, 2.45) is 0 Å². The third-order valence-electron chi connectivity index (χ3n) is 2.20. The number of aromatic nitrogens is 1. The highest BCUT2D eigenvalue weighted by Gasteiger charge is 2.11. The van der Waals surface area contributed by atoms with Crippen LogP contribution in [0.3, 0.4) is 0 Å². The van der Waals surface area contributed by atoms with Gasteiger partial charge in [-0.25, -0.2) is 9.78 Å². The zero-order valence-corrected chi connectivity index (χ0v) is 10.2. The second-order valence-electron chi connectivity index (χ2n) is 3.46. The summed E-state index contributed by atoms with van der Waals surface area (Å²) in [5.41, 5.74) is 0.867. The quantitative estimate of drug-likeness (QED) is 0.844. The molecule has 0 aliphatic heterocycles. The Kier molecular flexibility index (Phi) is 3.23. The van der Waals surface area contributed by atoms with Crippen molar-refractivity contribution in [3.63, 3.8) is 0 Å². The van der Waals surface area contributed by atoms with Crippen LogP contribution in [-0.4, -0.2) is 16.1 Å². The molecule has 0 saturated heterocycles. The van der Waals surface area contributed by atoms with E-state index in [1.165, 1.54) is 17.8 Å². The SMILES string of the molecule is Cc1nc(CSc2ccc(C(=O)O)o2)oc1C. The molecule has 0 amide bonds. The van der Waals surface area contributed by atoms with Gasteiger partial charge in [0.25, 0.3) is 0 Å². The van der Waals surface area contributed by atoms with Crippen LogP contribution in [0.1, 0.15) is 27.9 Å². The number of furan rings is 1. The van der Waals surface area contributed by atoms with Crippen LogP contribution in [0.5, 0.6) is 0 Å². The average Bonchev–Trinajstić information content (AvgIpc) is 2.84. The van der Waals surface area contributed by atoms with Crippen LogP contribution in [0, 0.1) is 13.8 Å². The first-order chi connectivity index (χ1) is 8.06. The molecule has 0 fully saturated rings. The predicted molar refractivity (Wildman–Crippen MR) is 61.2 cm³/mol. The Bertz CT molecular complexity index is 524. The molecular formula is C11H11NO4S.